The summed E-state index contributed by atoms with van der Waals surface area (Å²) in [6.45, 7) is 3.53. The molecule has 2 unspecified atom stereocenters. The van der Waals surface area contributed by atoms with Gasteiger partial charge in [-0.15, -0.1) is 0 Å². The van der Waals surface area contributed by atoms with Gasteiger partial charge in [0.15, 0.2) is 0 Å². The van der Waals surface area contributed by atoms with Gasteiger partial charge >= 0.3 is 0 Å². The minimum atomic E-state index is -3.06. The number of sulfonamides is 1. The van der Waals surface area contributed by atoms with Gasteiger partial charge in [-0.25, -0.2) is 12.7 Å². The molecule has 19 heavy (non-hydrogen) atoms. The summed E-state index contributed by atoms with van der Waals surface area (Å²) in [4.78, 5) is 0. The van der Waals surface area contributed by atoms with Crippen LogP contribution in [0.2, 0.25) is 0 Å². The first-order valence-corrected chi connectivity index (χ1v) is 9.03. The van der Waals surface area contributed by atoms with E-state index in [0.29, 0.717) is 25.6 Å². The number of hydrogen-bond donors (Lipinski definition) is 1. The van der Waals surface area contributed by atoms with E-state index in [1.54, 1.807) is 4.31 Å². The molecule has 0 amide bonds. The highest BCUT2D eigenvalue weighted by atomic mass is 32.2. The summed E-state index contributed by atoms with van der Waals surface area (Å²) in [5.74, 6) is 0.425. The number of nitrogens with two attached hydrogens (primary N) is 1. The molecule has 0 aromatic rings. The first-order chi connectivity index (χ1) is 8.95. The molecular formula is C13H26N2O3S. The Morgan fingerprint density at radius 1 is 1.42 bits per heavy atom. The predicted octanol–water partition coefficient (Wildman–Crippen LogP) is 0.804. The fraction of sp³-hybridized carbons (Fsp3) is 1.00. The molecule has 2 atom stereocenters. The van der Waals surface area contributed by atoms with Crippen LogP contribution in [0.4, 0.5) is 0 Å². The van der Waals surface area contributed by atoms with Gasteiger partial charge in [0.05, 0.1) is 12.9 Å². The van der Waals surface area contributed by atoms with E-state index < -0.39 is 10.0 Å². The molecule has 112 valence electrons. The van der Waals surface area contributed by atoms with Crippen LogP contribution in [0.1, 0.15) is 32.1 Å². The van der Waals surface area contributed by atoms with Crippen LogP contribution in [-0.4, -0.2) is 51.8 Å². The fourth-order valence-electron chi connectivity index (χ4n) is 3.42. The average molecular weight is 290 g/mol. The van der Waals surface area contributed by atoms with Crippen LogP contribution < -0.4 is 5.73 Å². The molecule has 2 N–H and O–H groups in total. The third-order valence-electron chi connectivity index (χ3n) is 4.51. The zero-order valence-electron chi connectivity index (χ0n) is 11.8. The summed E-state index contributed by atoms with van der Waals surface area (Å²) in [6.07, 6.45) is 6.54. The van der Waals surface area contributed by atoms with E-state index in [2.05, 4.69) is 0 Å². The molecule has 0 bridgehead atoms. The summed E-state index contributed by atoms with van der Waals surface area (Å²) in [5.41, 5.74) is 6.04. The van der Waals surface area contributed by atoms with Crippen molar-refractivity contribution >= 4 is 10.0 Å². The normalized spacial score (nSPS) is 34.3. The van der Waals surface area contributed by atoms with Crippen molar-refractivity contribution in [2.75, 3.05) is 39.1 Å². The molecule has 0 radical (unpaired) electrons. The molecule has 2 rings (SSSR count). The van der Waals surface area contributed by atoms with Crippen molar-refractivity contribution in [1.82, 2.24) is 4.31 Å². The van der Waals surface area contributed by atoms with Crippen LogP contribution in [0.25, 0.3) is 0 Å². The van der Waals surface area contributed by atoms with Gasteiger partial charge < -0.3 is 10.5 Å². The Bertz CT molecular complexity index is 391. The standard InChI is InChI=1S/C13H26N2O3S/c1-19(16,17)15-6-2-4-12(9-15)8-13(10-14)5-3-7-18-11-13/h12H,2-11,14H2,1H3. The number of rotatable bonds is 4. The maximum atomic E-state index is 11.6. The van der Waals surface area contributed by atoms with Crippen LogP contribution in [0.15, 0.2) is 0 Å². The largest absolute Gasteiger partial charge is 0.381 e. The van der Waals surface area contributed by atoms with E-state index in [1.807, 2.05) is 0 Å². The van der Waals surface area contributed by atoms with Crippen LogP contribution in [0, 0.1) is 11.3 Å². The Labute approximate surface area is 116 Å². The van der Waals surface area contributed by atoms with E-state index in [0.717, 1.165) is 45.3 Å². The van der Waals surface area contributed by atoms with Gasteiger partial charge in [0.25, 0.3) is 0 Å². The van der Waals surface area contributed by atoms with Gasteiger partial charge in [-0.3, -0.25) is 0 Å². The molecule has 0 aromatic heterocycles. The van der Waals surface area contributed by atoms with E-state index in [4.69, 9.17) is 10.5 Å². The third-order valence-corrected chi connectivity index (χ3v) is 5.78. The number of ether oxygens (including phenoxy) is 1. The van der Waals surface area contributed by atoms with E-state index in [-0.39, 0.29) is 5.41 Å². The summed E-state index contributed by atoms with van der Waals surface area (Å²) in [6, 6.07) is 0. The topological polar surface area (TPSA) is 72.6 Å². The lowest BCUT2D eigenvalue weighted by Gasteiger charge is -2.41. The third kappa shape index (κ3) is 3.90. The van der Waals surface area contributed by atoms with E-state index in [1.165, 1.54) is 6.26 Å². The first-order valence-electron chi connectivity index (χ1n) is 7.18. The molecule has 2 fully saturated rings. The first kappa shape index (κ1) is 15.2. The molecular weight excluding hydrogens is 264 g/mol. The second-order valence-electron chi connectivity index (χ2n) is 6.19. The minimum Gasteiger partial charge on any atom is -0.381 e. The Morgan fingerprint density at radius 3 is 2.79 bits per heavy atom. The zero-order valence-corrected chi connectivity index (χ0v) is 12.6. The summed E-state index contributed by atoms with van der Waals surface area (Å²) in [5, 5.41) is 0. The molecule has 5 nitrogen and oxygen atoms in total. The Morgan fingerprint density at radius 2 is 2.21 bits per heavy atom. The number of piperidine rings is 1. The molecule has 0 aliphatic carbocycles. The Kier molecular flexibility index (Phi) is 4.87. The quantitative estimate of drug-likeness (QED) is 0.831. The van der Waals surface area contributed by atoms with Gasteiger partial charge in [0, 0.05) is 31.7 Å². The molecule has 2 saturated heterocycles. The summed E-state index contributed by atoms with van der Waals surface area (Å²) < 4.78 is 30.5. The van der Waals surface area contributed by atoms with Crippen molar-refractivity contribution in [1.29, 1.82) is 0 Å². The van der Waals surface area contributed by atoms with Crippen LogP contribution in [0.5, 0.6) is 0 Å². The van der Waals surface area contributed by atoms with E-state index in [9.17, 15) is 8.42 Å². The highest BCUT2D eigenvalue weighted by Crippen LogP contribution is 2.37. The van der Waals surface area contributed by atoms with Gasteiger partial charge in [-0.05, 0) is 38.0 Å². The minimum absolute atomic E-state index is 0.0728. The molecule has 0 aromatic carbocycles. The summed E-state index contributed by atoms with van der Waals surface area (Å²) in [7, 11) is -3.06. The smallest absolute Gasteiger partial charge is 0.211 e. The van der Waals surface area contributed by atoms with Crippen molar-refractivity contribution in [3.8, 4) is 0 Å². The predicted molar refractivity (Wildman–Crippen MR) is 75.3 cm³/mol. The van der Waals surface area contributed by atoms with Gasteiger partial charge in [-0.2, -0.15) is 0 Å². The Balaban J connectivity index is 1.97. The Hall–Kier alpha value is -0.170. The van der Waals surface area contributed by atoms with Gasteiger partial charge in [-0.1, -0.05) is 0 Å². The molecule has 0 saturated carbocycles. The number of hydrogen-bond acceptors (Lipinski definition) is 4. The SMILES string of the molecule is CS(=O)(=O)N1CCCC(CC2(CN)CCCOC2)C1. The maximum absolute atomic E-state index is 11.6. The van der Waals surface area contributed by atoms with Crippen LogP contribution >= 0.6 is 0 Å². The van der Waals surface area contributed by atoms with Gasteiger partial charge in [0.1, 0.15) is 0 Å². The second kappa shape index (κ2) is 6.08. The highest BCUT2D eigenvalue weighted by Gasteiger charge is 2.36. The molecule has 2 heterocycles. The monoisotopic (exact) mass is 290 g/mol. The molecule has 2 aliphatic heterocycles. The van der Waals surface area contributed by atoms with E-state index >= 15 is 0 Å². The lowest BCUT2D eigenvalue weighted by Crippen LogP contribution is -2.45. The van der Waals surface area contributed by atoms with Crippen molar-refractivity contribution < 1.29 is 13.2 Å². The fourth-order valence-corrected chi connectivity index (χ4v) is 4.36. The van der Waals surface area contributed by atoms with Crippen LogP contribution in [-0.2, 0) is 14.8 Å². The average Bonchev–Trinajstić information content (AvgIpc) is 2.39. The number of nitrogens with zero attached hydrogens (tertiary/aromatic N) is 1. The second-order valence-corrected chi connectivity index (χ2v) is 8.18. The van der Waals surface area contributed by atoms with Crippen molar-refractivity contribution in [2.24, 2.45) is 17.1 Å². The van der Waals surface area contributed by atoms with Crippen molar-refractivity contribution in [3.63, 3.8) is 0 Å². The van der Waals surface area contributed by atoms with Gasteiger partial charge in [0.2, 0.25) is 10.0 Å². The highest BCUT2D eigenvalue weighted by molar-refractivity contribution is 7.88. The maximum Gasteiger partial charge on any atom is 0.211 e. The molecule has 6 heteroatoms. The molecule has 2 aliphatic rings. The molecule has 0 spiro atoms. The van der Waals surface area contributed by atoms with Crippen molar-refractivity contribution in [2.45, 2.75) is 32.1 Å². The lowest BCUT2D eigenvalue weighted by atomic mass is 9.74. The lowest BCUT2D eigenvalue weighted by molar-refractivity contribution is -0.0197. The van der Waals surface area contributed by atoms with Crippen molar-refractivity contribution in [3.05, 3.63) is 0 Å². The van der Waals surface area contributed by atoms with Crippen LogP contribution in [0.3, 0.4) is 0 Å². The zero-order chi connectivity index (χ0) is 13.9. The summed E-state index contributed by atoms with van der Waals surface area (Å²) >= 11 is 0.